The highest BCUT2D eigenvalue weighted by Crippen LogP contribution is 2.36. The molecule has 0 saturated heterocycles. The van der Waals surface area contributed by atoms with E-state index >= 15 is 0 Å². The number of hydrogen-bond donors (Lipinski definition) is 2. The van der Waals surface area contributed by atoms with Crippen molar-refractivity contribution in [2.75, 3.05) is 7.11 Å². The highest BCUT2D eigenvalue weighted by Gasteiger charge is 2.17. The van der Waals surface area contributed by atoms with E-state index in [1.165, 1.54) is 25.5 Å². The lowest BCUT2D eigenvalue weighted by molar-refractivity contribution is -0.385. The molecule has 24 heavy (non-hydrogen) atoms. The molecule has 0 bridgehead atoms. The lowest BCUT2D eigenvalue weighted by Gasteiger charge is -2.10. The Morgan fingerprint density at radius 1 is 1.25 bits per heavy atom. The van der Waals surface area contributed by atoms with Crippen LogP contribution in [0.25, 0.3) is 0 Å². The zero-order valence-corrected chi connectivity index (χ0v) is 12.6. The van der Waals surface area contributed by atoms with E-state index < -0.39 is 11.0 Å². The van der Waals surface area contributed by atoms with Crippen LogP contribution in [0.5, 0.6) is 17.2 Å². The number of primary amides is 1. The molecule has 0 atom stereocenters. The SMILES string of the molecule is COc1ccccc1Oc1ccc(/C=N/NC(N)=O)cc1[N+](=O)[O-]. The molecule has 2 aromatic rings. The molecule has 3 N–H and O–H groups in total. The van der Waals surface area contributed by atoms with Gasteiger partial charge in [0, 0.05) is 11.6 Å². The molecule has 0 radical (unpaired) electrons. The maximum atomic E-state index is 11.3. The standard InChI is InChI=1S/C15H14N4O5/c1-23-13-4-2-3-5-14(13)24-12-7-6-10(8-11(12)19(21)22)9-17-18-15(16)20/h2-9H,1H3,(H3,16,18,20)/b17-9+. The van der Waals surface area contributed by atoms with Crippen molar-refractivity contribution in [3.8, 4) is 17.2 Å². The fourth-order valence-corrected chi connectivity index (χ4v) is 1.84. The number of carbonyl (C=O) groups excluding carboxylic acids is 1. The molecule has 0 saturated carbocycles. The fourth-order valence-electron chi connectivity index (χ4n) is 1.84. The Hall–Kier alpha value is -3.62. The number of nitrogens with two attached hydrogens (primary N) is 1. The third-order valence-corrected chi connectivity index (χ3v) is 2.86. The summed E-state index contributed by atoms with van der Waals surface area (Å²) in [5, 5.41) is 14.8. The van der Waals surface area contributed by atoms with Gasteiger partial charge in [0.15, 0.2) is 11.5 Å². The molecule has 0 aliphatic heterocycles. The van der Waals surface area contributed by atoms with Gasteiger partial charge in [-0.05, 0) is 24.3 Å². The van der Waals surface area contributed by atoms with Crippen molar-refractivity contribution in [3.05, 3.63) is 58.1 Å². The van der Waals surface area contributed by atoms with Crippen LogP contribution < -0.4 is 20.6 Å². The molecule has 2 amide bonds. The van der Waals surface area contributed by atoms with Gasteiger partial charge in [-0.2, -0.15) is 5.10 Å². The molecule has 2 aromatic carbocycles. The van der Waals surface area contributed by atoms with E-state index in [9.17, 15) is 14.9 Å². The summed E-state index contributed by atoms with van der Waals surface area (Å²) in [6.07, 6.45) is 1.23. The van der Waals surface area contributed by atoms with Crippen LogP contribution in [0.4, 0.5) is 10.5 Å². The summed E-state index contributed by atoms with van der Waals surface area (Å²) in [7, 11) is 1.47. The Morgan fingerprint density at radius 2 is 1.96 bits per heavy atom. The van der Waals surface area contributed by atoms with Crippen molar-refractivity contribution in [2.45, 2.75) is 0 Å². The second-order valence-electron chi connectivity index (χ2n) is 4.47. The Balaban J connectivity index is 2.31. The Kier molecular flexibility index (Phi) is 5.29. The van der Waals surface area contributed by atoms with Crippen molar-refractivity contribution >= 4 is 17.9 Å². The minimum Gasteiger partial charge on any atom is -0.493 e. The second-order valence-corrected chi connectivity index (χ2v) is 4.47. The lowest BCUT2D eigenvalue weighted by atomic mass is 10.2. The number of benzene rings is 2. The molecule has 124 valence electrons. The second kappa shape index (κ2) is 7.58. The minimum absolute atomic E-state index is 0.0458. The molecule has 0 aliphatic rings. The highest BCUT2D eigenvalue weighted by atomic mass is 16.6. The summed E-state index contributed by atoms with van der Waals surface area (Å²) in [5.41, 5.74) is 7.00. The number of hydrogen-bond acceptors (Lipinski definition) is 6. The molecule has 9 nitrogen and oxygen atoms in total. The molecule has 9 heteroatoms. The highest BCUT2D eigenvalue weighted by molar-refractivity contribution is 5.83. The summed E-state index contributed by atoms with van der Waals surface area (Å²) in [4.78, 5) is 21.2. The number of para-hydroxylation sites is 2. The summed E-state index contributed by atoms with van der Waals surface area (Å²) in [6.45, 7) is 0. The maximum Gasteiger partial charge on any atom is 0.332 e. The molecule has 0 unspecified atom stereocenters. The number of methoxy groups -OCH3 is 1. The van der Waals surface area contributed by atoms with Crippen LogP contribution in [0.3, 0.4) is 0 Å². The summed E-state index contributed by atoms with van der Waals surface area (Å²) in [5.74, 6) is 0.840. The fraction of sp³-hybridized carbons (Fsp3) is 0.0667. The van der Waals surface area contributed by atoms with E-state index in [1.54, 1.807) is 30.3 Å². The number of nitro benzene ring substituents is 1. The quantitative estimate of drug-likeness (QED) is 0.477. The van der Waals surface area contributed by atoms with Gasteiger partial charge in [-0.3, -0.25) is 10.1 Å². The third kappa shape index (κ3) is 4.19. The Labute approximate surface area is 136 Å². The first-order valence-corrected chi connectivity index (χ1v) is 6.69. The Bertz CT molecular complexity index is 791. The largest absolute Gasteiger partial charge is 0.493 e. The predicted octanol–water partition coefficient (Wildman–Crippen LogP) is 2.40. The number of nitrogens with zero attached hydrogens (tertiary/aromatic N) is 2. The van der Waals surface area contributed by atoms with Gasteiger partial charge < -0.3 is 15.2 Å². The number of nitro groups is 1. The zero-order valence-electron chi connectivity index (χ0n) is 12.6. The number of amides is 2. The van der Waals surface area contributed by atoms with Crippen LogP contribution in [0.2, 0.25) is 0 Å². The van der Waals surface area contributed by atoms with Crippen LogP contribution in [-0.2, 0) is 0 Å². The third-order valence-electron chi connectivity index (χ3n) is 2.86. The smallest absolute Gasteiger partial charge is 0.332 e. The number of urea groups is 1. The summed E-state index contributed by atoms with van der Waals surface area (Å²) < 4.78 is 10.7. The number of nitrogens with one attached hydrogen (secondary N) is 1. The van der Waals surface area contributed by atoms with E-state index in [1.807, 2.05) is 5.43 Å². The topological polar surface area (TPSA) is 129 Å². The van der Waals surface area contributed by atoms with E-state index in [4.69, 9.17) is 15.2 Å². The van der Waals surface area contributed by atoms with Crippen molar-refractivity contribution in [1.82, 2.24) is 5.43 Å². The first kappa shape index (κ1) is 16.7. The number of carbonyl (C=O) groups is 1. The van der Waals surface area contributed by atoms with Crippen molar-refractivity contribution in [2.24, 2.45) is 10.8 Å². The summed E-state index contributed by atoms with van der Waals surface area (Å²) >= 11 is 0. The Morgan fingerprint density at radius 3 is 2.58 bits per heavy atom. The van der Waals surface area contributed by atoms with Crippen molar-refractivity contribution in [1.29, 1.82) is 0 Å². The molecule has 2 rings (SSSR count). The molecule has 0 spiro atoms. The number of hydrazone groups is 1. The van der Waals surface area contributed by atoms with Crippen LogP contribution in [0.15, 0.2) is 47.6 Å². The zero-order chi connectivity index (χ0) is 17.5. The van der Waals surface area contributed by atoms with E-state index in [0.29, 0.717) is 17.1 Å². The molecule has 0 fully saturated rings. The van der Waals surface area contributed by atoms with Crippen LogP contribution in [-0.4, -0.2) is 24.3 Å². The predicted molar refractivity (Wildman–Crippen MR) is 86.5 cm³/mol. The maximum absolute atomic E-state index is 11.3. The van der Waals surface area contributed by atoms with Gasteiger partial charge in [-0.15, -0.1) is 0 Å². The van der Waals surface area contributed by atoms with Crippen LogP contribution in [0, 0.1) is 10.1 Å². The van der Waals surface area contributed by atoms with Gasteiger partial charge in [-0.25, -0.2) is 10.2 Å². The van der Waals surface area contributed by atoms with Crippen molar-refractivity contribution in [3.63, 3.8) is 0 Å². The molecular weight excluding hydrogens is 316 g/mol. The minimum atomic E-state index is -0.836. The normalized spacial score (nSPS) is 10.4. The molecule has 0 heterocycles. The van der Waals surface area contributed by atoms with Crippen LogP contribution in [0.1, 0.15) is 5.56 Å². The first-order chi connectivity index (χ1) is 11.5. The first-order valence-electron chi connectivity index (χ1n) is 6.69. The van der Waals surface area contributed by atoms with E-state index in [2.05, 4.69) is 5.10 Å². The van der Waals surface area contributed by atoms with Gasteiger partial charge in [0.25, 0.3) is 0 Å². The lowest BCUT2D eigenvalue weighted by Crippen LogP contribution is -2.24. The molecule has 0 aliphatic carbocycles. The van der Waals surface area contributed by atoms with Gasteiger partial charge >= 0.3 is 11.7 Å². The van der Waals surface area contributed by atoms with Crippen LogP contribution >= 0.6 is 0 Å². The van der Waals surface area contributed by atoms with Gasteiger partial charge in [0.05, 0.1) is 18.2 Å². The summed E-state index contributed by atoms with van der Waals surface area (Å²) in [6, 6.07) is 10.2. The van der Waals surface area contributed by atoms with Gasteiger partial charge in [-0.1, -0.05) is 12.1 Å². The van der Waals surface area contributed by atoms with Gasteiger partial charge in [0.1, 0.15) is 0 Å². The monoisotopic (exact) mass is 330 g/mol. The van der Waals surface area contributed by atoms with E-state index in [0.717, 1.165) is 0 Å². The number of rotatable bonds is 6. The average Bonchev–Trinajstić information content (AvgIpc) is 2.56. The van der Waals surface area contributed by atoms with Gasteiger partial charge in [0.2, 0.25) is 5.75 Å². The molecular formula is C15H14N4O5. The number of ether oxygens (including phenoxy) is 2. The average molecular weight is 330 g/mol. The molecule has 0 aromatic heterocycles. The van der Waals surface area contributed by atoms with Crippen molar-refractivity contribution < 1.29 is 19.2 Å². The van der Waals surface area contributed by atoms with E-state index in [-0.39, 0.29) is 11.4 Å².